The number of nitrogens with one attached hydrogen (secondary N) is 1. The molecule has 0 saturated heterocycles. The number of hydrogen-bond acceptors (Lipinski definition) is 4. The normalized spacial score (nSPS) is 13.3. The first-order chi connectivity index (χ1) is 12.6. The molecule has 0 unspecified atom stereocenters. The number of carboxylic acids is 1. The lowest BCUT2D eigenvalue weighted by atomic mass is 9.95. The Morgan fingerprint density at radius 1 is 1.31 bits per heavy atom. The van der Waals surface area contributed by atoms with Gasteiger partial charge in [-0.25, -0.2) is 9.07 Å². The number of carbonyl (C=O) groups is 2. The van der Waals surface area contributed by atoms with Gasteiger partial charge in [0.25, 0.3) is 5.91 Å². The first-order valence-corrected chi connectivity index (χ1v) is 9.66. The highest BCUT2D eigenvalue weighted by Crippen LogP contribution is 2.27. The average molecular weight is 377 g/mol. The first kappa shape index (κ1) is 18.4. The standard InChI is InChI=1S/C18H20FN3O3S/c19-12-4-3-5-13(10-12)22-15-7-2-1-6-14(15)17(21-22)18(25)20-8-9-26-11-16(23)24/h3-5,10H,1-2,6-9,11H2,(H,20,25)(H,23,24). The second-order valence-corrected chi connectivity index (χ2v) is 7.18. The molecule has 0 bridgehead atoms. The first-order valence-electron chi connectivity index (χ1n) is 8.50. The minimum absolute atomic E-state index is 0.0134. The van der Waals surface area contributed by atoms with Gasteiger partial charge in [-0.1, -0.05) is 6.07 Å². The van der Waals surface area contributed by atoms with Crippen molar-refractivity contribution in [2.45, 2.75) is 25.7 Å². The van der Waals surface area contributed by atoms with Crippen LogP contribution in [0.5, 0.6) is 0 Å². The minimum atomic E-state index is -0.871. The summed E-state index contributed by atoms with van der Waals surface area (Å²) in [6, 6.07) is 6.18. The Kier molecular flexibility index (Phi) is 5.92. The zero-order valence-corrected chi connectivity index (χ0v) is 15.0. The monoisotopic (exact) mass is 377 g/mol. The van der Waals surface area contributed by atoms with Crippen molar-refractivity contribution in [1.29, 1.82) is 0 Å². The molecule has 0 spiro atoms. The maximum atomic E-state index is 13.6. The van der Waals surface area contributed by atoms with E-state index < -0.39 is 5.97 Å². The molecule has 1 aromatic heterocycles. The Hall–Kier alpha value is -2.35. The zero-order valence-electron chi connectivity index (χ0n) is 14.2. The summed E-state index contributed by atoms with van der Waals surface area (Å²) in [5.74, 6) is -0.952. The van der Waals surface area contributed by atoms with E-state index in [1.807, 2.05) is 0 Å². The molecule has 0 atom stereocenters. The molecule has 0 radical (unpaired) electrons. The fourth-order valence-corrected chi connectivity index (χ4v) is 3.65. The smallest absolute Gasteiger partial charge is 0.313 e. The maximum Gasteiger partial charge on any atom is 0.313 e. The number of carboxylic acid groups (broad SMARTS) is 1. The number of aliphatic carboxylic acids is 1. The molecule has 26 heavy (non-hydrogen) atoms. The van der Waals surface area contributed by atoms with E-state index in [1.54, 1.807) is 16.8 Å². The highest BCUT2D eigenvalue weighted by molar-refractivity contribution is 7.99. The van der Waals surface area contributed by atoms with E-state index in [0.29, 0.717) is 23.7 Å². The lowest BCUT2D eigenvalue weighted by Gasteiger charge is -2.14. The van der Waals surface area contributed by atoms with Gasteiger partial charge in [-0.3, -0.25) is 9.59 Å². The molecule has 1 heterocycles. The Labute approximate surface area is 154 Å². The number of rotatable bonds is 7. The Balaban J connectivity index is 1.77. The number of thioether (sulfide) groups is 1. The highest BCUT2D eigenvalue weighted by Gasteiger charge is 2.25. The SMILES string of the molecule is O=C(O)CSCCNC(=O)c1nn(-c2cccc(F)c2)c2c1CCCC2. The van der Waals surface area contributed by atoms with E-state index in [0.717, 1.165) is 36.9 Å². The summed E-state index contributed by atoms with van der Waals surface area (Å²) in [7, 11) is 0. The van der Waals surface area contributed by atoms with Crippen molar-refractivity contribution in [2.24, 2.45) is 0 Å². The van der Waals surface area contributed by atoms with E-state index >= 15 is 0 Å². The summed E-state index contributed by atoms with van der Waals surface area (Å²) in [5, 5.41) is 15.9. The number of amides is 1. The van der Waals surface area contributed by atoms with Gasteiger partial charge in [-0.05, 0) is 43.9 Å². The van der Waals surface area contributed by atoms with Gasteiger partial charge < -0.3 is 10.4 Å². The zero-order chi connectivity index (χ0) is 18.5. The predicted molar refractivity (Wildman–Crippen MR) is 97.5 cm³/mol. The van der Waals surface area contributed by atoms with Crippen LogP contribution >= 0.6 is 11.8 Å². The van der Waals surface area contributed by atoms with E-state index in [9.17, 15) is 14.0 Å². The molecule has 2 aromatic rings. The second-order valence-electron chi connectivity index (χ2n) is 6.07. The number of hydrogen-bond donors (Lipinski definition) is 2. The van der Waals surface area contributed by atoms with Crippen molar-refractivity contribution in [1.82, 2.24) is 15.1 Å². The Bertz CT molecular complexity index is 822. The topological polar surface area (TPSA) is 84.2 Å². The van der Waals surface area contributed by atoms with Gasteiger partial charge in [-0.2, -0.15) is 5.10 Å². The van der Waals surface area contributed by atoms with Crippen molar-refractivity contribution in [3.05, 3.63) is 47.0 Å². The van der Waals surface area contributed by atoms with Crippen LogP contribution in [0.1, 0.15) is 34.6 Å². The summed E-state index contributed by atoms with van der Waals surface area (Å²) in [5.41, 5.74) is 2.88. The lowest BCUT2D eigenvalue weighted by molar-refractivity contribution is -0.133. The van der Waals surface area contributed by atoms with Gasteiger partial charge >= 0.3 is 5.97 Å². The van der Waals surface area contributed by atoms with Crippen LogP contribution in [-0.2, 0) is 17.6 Å². The Morgan fingerprint density at radius 3 is 2.88 bits per heavy atom. The number of aromatic nitrogens is 2. The number of carbonyl (C=O) groups excluding carboxylic acids is 1. The molecule has 8 heteroatoms. The van der Waals surface area contributed by atoms with Gasteiger partial charge in [0.05, 0.1) is 11.4 Å². The molecule has 1 aliphatic rings. The number of halogens is 1. The highest BCUT2D eigenvalue weighted by atomic mass is 32.2. The van der Waals surface area contributed by atoms with Crippen LogP contribution in [0.25, 0.3) is 5.69 Å². The van der Waals surface area contributed by atoms with Crippen molar-refractivity contribution in [3.63, 3.8) is 0 Å². The molecular formula is C18H20FN3O3S. The van der Waals surface area contributed by atoms with Crippen molar-refractivity contribution in [2.75, 3.05) is 18.1 Å². The minimum Gasteiger partial charge on any atom is -0.481 e. The van der Waals surface area contributed by atoms with Crippen LogP contribution in [0.3, 0.4) is 0 Å². The summed E-state index contributed by atoms with van der Waals surface area (Å²) in [6.45, 7) is 0.373. The molecule has 2 N–H and O–H groups in total. The summed E-state index contributed by atoms with van der Waals surface area (Å²) < 4.78 is 15.3. The Morgan fingerprint density at radius 2 is 2.12 bits per heavy atom. The van der Waals surface area contributed by atoms with Crippen LogP contribution in [0.15, 0.2) is 24.3 Å². The van der Waals surface area contributed by atoms with E-state index in [2.05, 4.69) is 10.4 Å². The molecule has 0 aliphatic heterocycles. The molecule has 1 aliphatic carbocycles. The van der Waals surface area contributed by atoms with Crippen molar-refractivity contribution < 1.29 is 19.1 Å². The third-order valence-corrected chi connectivity index (χ3v) is 5.15. The summed E-state index contributed by atoms with van der Waals surface area (Å²) in [6.07, 6.45) is 3.60. The quantitative estimate of drug-likeness (QED) is 0.724. The maximum absolute atomic E-state index is 13.6. The van der Waals surface area contributed by atoms with Crippen molar-refractivity contribution >= 4 is 23.6 Å². The number of fused-ring (bicyclic) bond motifs is 1. The molecule has 1 amide bonds. The van der Waals surface area contributed by atoms with Gasteiger partial charge in [0.1, 0.15) is 5.82 Å². The van der Waals surface area contributed by atoms with Crippen LogP contribution in [0.2, 0.25) is 0 Å². The number of benzene rings is 1. The van der Waals surface area contributed by atoms with E-state index in [4.69, 9.17) is 5.11 Å². The fourth-order valence-electron chi connectivity index (χ4n) is 3.08. The van der Waals surface area contributed by atoms with Gasteiger partial charge in [0.15, 0.2) is 5.69 Å². The van der Waals surface area contributed by atoms with Crippen LogP contribution in [0.4, 0.5) is 4.39 Å². The molecule has 6 nitrogen and oxygen atoms in total. The lowest BCUT2D eigenvalue weighted by Crippen LogP contribution is -2.27. The summed E-state index contributed by atoms with van der Waals surface area (Å²) >= 11 is 1.25. The third-order valence-electron chi connectivity index (χ3n) is 4.21. The number of nitrogens with zero attached hydrogens (tertiary/aromatic N) is 2. The predicted octanol–water partition coefficient (Wildman–Crippen LogP) is 2.44. The van der Waals surface area contributed by atoms with Crippen LogP contribution in [-0.4, -0.2) is 44.8 Å². The molecule has 138 valence electrons. The fraction of sp³-hybridized carbons (Fsp3) is 0.389. The van der Waals surface area contributed by atoms with E-state index in [1.165, 1.54) is 23.9 Å². The van der Waals surface area contributed by atoms with Crippen molar-refractivity contribution in [3.8, 4) is 5.69 Å². The molecule has 0 saturated carbocycles. The van der Waals surface area contributed by atoms with Crippen LogP contribution < -0.4 is 5.32 Å². The second kappa shape index (κ2) is 8.35. The summed E-state index contributed by atoms with van der Waals surface area (Å²) in [4.78, 5) is 23.0. The van der Waals surface area contributed by atoms with Gasteiger partial charge in [-0.15, -0.1) is 11.8 Å². The van der Waals surface area contributed by atoms with Crippen LogP contribution in [0, 0.1) is 5.82 Å². The third kappa shape index (κ3) is 4.24. The molecular weight excluding hydrogens is 357 g/mol. The van der Waals surface area contributed by atoms with Gasteiger partial charge in [0, 0.05) is 23.6 Å². The molecule has 1 aromatic carbocycles. The molecule has 0 fully saturated rings. The van der Waals surface area contributed by atoms with Gasteiger partial charge in [0.2, 0.25) is 0 Å². The van der Waals surface area contributed by atoms with E-state index in [-0.39, 0.29) is 17.5 Å². The molecule has 3 rings (SSSR count). The average Bonchev–Trinajstić information content (AvgIpc) is 3.01. The largest absolute Gasteiger partial charge is 0.481 e.